The zero-order valence-electron chi connectivity index (χ0n) is 9.98. The summed E-state index contributed by atoms with van der Waals surface area (Å²) in [6.07, 6.45) is -2.09. The maximum atomic E-state index is 12.0. The van der Waals surface area contributed by atoms with Gasteiger partial charge < -0.3 is 10.4 Å². The van der Waals surface area contributed by atoms with Gasteiger partial charge in [-0.15, -0.1) is 0 Å². The Hall–Kier alpha value is -0.290. The van der Waals surface area contributed by atoms with Crippen LogP contribution in [0, 0.1) is 0 Å². The second kappa shape index (κ2) is 7.90. The van der Waals surface area contributed by atoms with Gasteiger partial charge in [-0.1, -0.05) is 33.1 Å². The van der Waals surface area contributed by atoms with Crippen molar-refractivity contribution in [2.75, 3.05) is 6.54 Å². The second-order valence-electron chi connectivity index (χ2n) is 4.09. The number of aliphatic hydroxyl groups is 1. The molecule has 16 heavy (non-hydrogen) atoms. The predicted molar refractivity (Wildman–Crippen MR) is 58.3 cm³/mol. The molecule has 0 aromatic carbocycles. The lowest BCUT2D eigenvalue weighted by Gasteiger charge is -2.21. The lowest BCUT2D eigenvalue weighted by molar-refractivity contribution is -0.202. The van der Waals surface area contributed by atoms with Crippen LogP contribution in [0.1, 0.15) is 46.0 Å². The Labute approximate surface area is 95.2 Å². The SMILES string of the molecule is CCCCC(CCC)NCC(O)C(F)(F)F. The molecule has 0 rings (SSSR count). The number of halogens is 3. The molecule has 5 heteroatoms. The van der Waals surface area contributed by atoms with Gasteiger partial charge in [0.05, 0.1) is 0 Å². The first kappa shape index (κ1) is 15.7. The minimum atomic E-state index is -4.52. The van der Waals surface area contributed by atoms with E-state index >= 15 is 0 Å². The van der Waals surface area contributed by atoms with E-state index in [1.165, 1.54) is 0 Å². The molecular weight excluding hydrogens is 219 g/mol. The van der Waals surface area contributed by atoms with Crippen LogP contribution in [-0.4, -0.2) is 30.0 Å². The number of alkyl halides is 3. The number of rotatable bonds is 8. The van der Waals surface area contributed by atoms with E-state index in [0.29, 0.717) is 0 Å². The third kappa shape index (κ3) is 7.06. The Bertz CT molecular complexity index is 173. The summed E-state index contributed by atoms with van der Waals surface area (Å²) in [6.45, 7) is 3.65. The molecule has 0 bridgehead atoms. The summed E-state index contributed by atoms with van der Waals surface area (Å²) in [7, 11) is 0. The molecule has 0 saturated carbocycles. The number of hydrogen-bond acceptors (Lipinski definition) is 2. The van der Waals surface area contributed by atoms with E-state index in [-0.39, 0.29) is 6.04 Å². The molecule has 0 radical (unpaired) electrons. The third-order valence-electron chi connectivity index (χ3n) is 2.52. The summed E-state index contributed by atoms with van der Waals surface area (Å²) in [5, 5.41) is 11.6. The zero-order valence-corrected chi connectivity index (χ0v) is 9.98. The van der Waals surface area contributed by atoms with Crippen LogP contribution in [-0.2, 0) is 0 Å². The van der Waals surface area contributed by atoms with Crippen LogP contribution in [0.2, 0.25) is 0 Å². The molecule has 0 aromatic heterocycles. The lowest BCUT2D eigenvalue weighted by Crippen LogP contribution is -2.42. The monoisotopic (exact) mass is 241 g/mol. The van der Waals surface area contributed by atoms with Crippen molar-refractivity contribution in [1.82, 2.24) is 5.32 Å². The van der Waals surface area contributed by atoms with Gasteiger partial charge in [-0.3, -0.25) is 0 Å². The highest BCUT2D eigenvalue weighted by Gasteiger charge is 2.37. The molecule has 0 aliphatic carbocycles. The van der Waals surface area contributed by atoms with Gasteiger partial charge >= 0.3 is 6.18 Å². The highest BCUT2D eigenvalue weighted by Crippen LogP contribution is 2.19. The van der Waals surface area contributed by atoms with Crippen molar-refractivity contribution >= 4 is 0 Å². The van der Waals surface area contributed by atoms with Crippen LogP contribution in [0.4, 0.5) is 13.2 Å². The molecule has 0 aliphatic rings. The summed E-state index contributed by atoms with van der Waals surface area (Å²) in [5.74, 6) is 0. The van der Waals surface area contributed by atoms with E-state index in [0.717, 1.165) is 32.1 Å². The average Bonchev–Trinajstić information content (AvgIpc) is 2.20. The van der Waals surface area contributed by atoms with E-state index in [1.807, 2.05) is 13.8 Å². The maximum absolute atomic E-state index is 12.0. The van der Waals surface area contributed by atoms with Gasteiger partial charge in [0.2, 0.25) is 0 Å². The fourth-order valence-electron chi connectivity index (χ4n) is 1.54. The first-order chi connectivity index (χ1) is 7.41. The van der Waals surface area contributed by atoms with E-state index < -0.39 is 18.8 Å². The topological polar surface area (TPSA) is 32.3 Å². The minimum absolute atomic E-state index is 0.0851. The third-order valence-corrected chi connectivity index (χ3v) is 2.52. The number of unbranched alkanes of at least 4 members (excludes halogenated alkanes) is 1. The number of aliphatic hydroxyl groups excluding tert-OH is 1. The molecule has 2 unspecified atom stereocenters. The summed E-state index contributed by atoms with van der Waals surface area (Å²) < 4.78 is 36.1. The Morgan fingerprint density at radius 2 is 1.75 bits per heavy atom. The predicted octanol–water partition coefficient (Wildman–Crippen LogP) is 2.86. The molecule has 0 spiro atoms. The van der Waals surface area contributed by atoms with Crippen molar-refractivity contribution in [2.45, 2.75) is 64.3 Å². The molecule has 0 aliphatic heterocycles. The van der Waals surface area contributed by atoms with E-state index in [4.69, 9.17) is 5.11 Å². The molecule has 2 nitrogen and oxygen atoms in total. The molecule has 0 fully saturated rings. The van der Waals surface area contributed by atoms with Gasteiger partial charge in [-0.2, -0.15) is 13.2 Å². The fourth-order valence-corrected chi connectivity index (χ4v) is 1.54. The van der Waals surface area contributed by atoms with Gasteiger partial charge in [0.15, 0.2) is 6.10 Å². The summed E-state index contributed by atoms with van der Waals surface area (Å²) in [6, 6.07) is 0.0851. The van der Waals surface area contributed by atoms with Crippen LogP contribution in [0.5, 0.6) is 0 Å². The molecule has 98 valence electrons. The van der Waals surface area contributed by atoms with Crippen LogP contribution in [0.3, 0.4) is 0 Å². The van der Waals surface area contributed by atoms with Crippen molar-refractivity contribution in [3.63, 3.8) is 0 Å². The minimum Gasteiger partial charge on any atom is -0.382 e. The van der Waals surface area contributed by atoms with Crippen molar-refractivity contribution in [3.8, 4) is 0 Å². The summed E-state index contributed by atoms with van der Waals surface area (Å²) in [5.41, 5.74) is 0. The first-order valence-corrected chi connectivity index (χ1v) is 5.90. The molecule has 0 aromatic rings. The van der Waals surface area contributed by atoms with Gasteiger partial charge in [-0.05, 0) is 12.8 Å². The molecule has 0 heterocycles. The highest BCUT2D eigenvalue weighted by molar-refractivity contribution is 4.73. The van der Waals surface area contributed by atoms with Crippen LogP contribution in [0.25, 0.3) is 0 Å². The smallest absolute Gasteiger partial charge is 0.382 e. The van der Waals surface area contributed by atoms with Gasteiger partial charge in [-0.25, -0.2) is 0 Å². The fraction of sp³-hybridized carbons (Fsp3) is 1.00. The molecule has 0 amide bonds. The van der Waals surface area contributed by atoms with E-state index in [2.05, 4.69) is 5.32 Å². The van der Waals surface area contributed by atoms with Crippen molar-refractivity contribution in [1.29, 1.82) is 0 Å². The largest absolute Gasteiger partial charge is 0.415 e. The first-order valence-electron chi connectivity index (χ1n) is 5.90. The quantitative estimate of drug-likeness (QED) is 0.685. The zero-order chi connectivity index (χ0) is 12.6. The normalized spacial score (nSPS) is 16.1. The Morgan fingerprint density at radius 3 is 2.19 bits per heavy atom. The van der Waals surface area contributed by atoms with Gasteiger partial charge in [0.1, 0.15) is 0 Å². The Kier molecular flexibility index (Phi) is 7.76. The average molecular weight is 241 g/mol. The van der Waals surface area contributed by atoms with Crippen LogP contribution in [0.15, 0.2) is 0 Å². The Balaban J connectivity index is 3.91. The molecule has 0 saturated heterocycles. The molecule has 2 atom stereocenters. The summed E-state index contributed by atoms with van der Waals surface area (Å²) in [4.78, 5) is 0. The Morgan fingerprint density at radius 1 is 1.12 bits per heavy atom. The van der Waals surface area contributed by atoms with Crippen molar-refractivity contribution < 1.29 is 18.3 Å². The second-order valence-corrected chi connectivity index (χ2v) is 4.09. The molecular formula is C11H22F3NO. The van der Waals surface area contributed by atoms with E-state index in [9.17, 15) is 13.2 Å². The standard InChI is InChI=1S/C11H22F3NO/c1-3-5-7-9(6-4-2)15-8-10(16)11(12,13)14/h9-10,15-16H,3-8H2,1-2H3. The van der Waals surface area contributed by atoms with Crippen LogP contribution >= 0.6 is 0 Å². The van der Waals surface area contributed by atoms with Crippen molar-refractivity contribution in [3.05, 3.63) is 0 Å². The van der Waals surface area contributed by atoms with Gasteiger partial charge in [0, 0.05) is 12.6 Å². The van der Waals surface area contributed by atoms with Gasteiger partial charge in [0.25, 0.3) is 0 Å². The summed E-state index contributed by atoms with van der Waals surface area (Å²) >= 11 is 0. The van der Waals surface area contributed by atoms with Crippen molar-refractivity contribution in [2.24, 2.45) is 0 Å². The lowest BCUT2D eigenvalue weighted by atomic mass is 10.1. The number of nitrogens with one attached hydrogen (secondary N) is 1. The van der Waals surface area contributed by atoms with Crippen LogP contribution < -0.4 is 5.32 Å². The van der Waals surface area contributed by atoms with E-state index in [1.54, 1.807) is 0 Å². The highest BCUT2D eigenvalue weighted by atomic mass is 19.4. The maximum Gasteiger partial charge on any atom is 0.415 e. The molecule has 2 N–H and O–H groups in total. The number of hydrogen-bond donors (Lipinski definition) is 2.